The molecule has 1 saturated heterocycles. The average molecular weight is 329 g/mol. The number of nitrogens with zero attached hydrogens (tertiary/aromatic N) is 1. The summed E-state index contributed by atoms with van der Waals surface area (Å²) in [5.41, 5.74) is 0.832. The number of nitrogens with one attached hydrogen (secondary N) is 1. The van der Waals surface area contributed by atoms with E-state index in [9.17, 15) is 14.9 Å². The van der Waals surface area contributed by atoms with Gasteiger partial charge < -0.3 is 10.1 Å². The highest BCUT2D eigenvalue weighted by molar-refractivity contribution is 9.10. The number of hydrogen-bond donors (Lipinski definition) is 1. The monoisotopic (exact) mass is 328 g/mol. The van der Waals surface area contributed by atoms with Gasteiger partial charge in [-0.05, 0) is 25.8 Å². The predicted octanol–water partition coefficient (Wildman–Crippen LogP) is 2.78. The number of carbonyl (C=O) groups is 1. The smallest absolute Gasteiger partial charge is 0.275 e. The summed E-state index contributed by atoms with van der Waals surface area (Å²) in [5, 5.41) is 13.6. The highest BCUT2D eigenvalue weighted by atomic mass is 79.9. The molecule has 2 rings (SSSR count). The Labute approximate surface area is 118 Å². The van der Waals surface area contributed by atoms with Crippen LogP contribution in [0, 0.1) is 17.0 Å². The van der Waals surface area contributed by atoms with Crippen molar-refractivity contribution in [1.82, 2.24) is 0 Å². The SMILES string of the molecule is Cc1c(NC(=O)[C@@H]2CCCO2)cc(Br)cc1[N+](=O)[O-]. The molecule has 1 aromatic rings. The van der Waals surface area contributed by atoms with Gasteiger partial charge in [0.1, 0.15) is 6.10 Å². The standard InChI is InChI=1S/C12H13BrN2O4/c1-7-9(5-8(13)6-10(7)15(17)18)14-12(16)11-3-2-4-19-11/h5-6,11H,2-4H2,1H3,(H,14,16)/t11-/m0/s1. The Morgan fingerprint density at radius 1 is 1.58 bits per heavy atom. The lowest BCUT2D eigenvalue weighted by Crippen LogP contribution is -2.27. The summed E-state index contributed by atoms with van der Waals surface area (Å²) in [7, 11) is 0. The Bertz CT molecular complexity index is 527. The second-order valence-corrected chi connectivity index (χ2v) is 5.26. The van der Waals surface area contributed by atoms with Crippen molar-refractivity contribution in [3.63, 3.8) is 0 Å². The summed E-state index contributed by atoms with van der Waals surface area (Å²) in [4.78, 5) is 22.4. The number of nitro groups is 1. The molecule has 0 radical (unpaired) electrons. The van der Waals surface area contributed by atoms with E-state index in [0.717, 1.165) is 6.42 Å². The van der Waals surface area contributed by atoms with E-state index in [1.54, 1.807) is 13.0 Å². The Kier molecular flexibility index (Phi) is 4.16. The number of benzene rings is 1. The molecule has 0 aromatic heterocycles. The summed E-state index contributed by atoms with van der Waals surface area (Å²) in [6.45, 7) is 2.19. The van der Waals surface area contributed by atoms with Crippen LogP contribution in [0.3, 0.4) is 0 Å². The van der Waals surface area contributed by atoms with E-state index >= 15 is 0 Å². The van der Waals surface area contributed by atoms with Crippen LogP contribution < -0.4 is 5.32 Å². The third-order valence-electron chi connectivity index (χ3n) is 3.02. The van der Waals surface area contributed by atoms with Gasteiger partial charge in [0.2, 0.25) is 0 Å². The number of ether oxygens (including phenoxy) is 1. The first-order valence-corrected chi connectivity index (χ1v) is 6.65. The van der Waals surface area contributed by atoms with Gasteiger partial charge >= 0.3 is 0 Å². The molecular formula is C12H13BrN2O4. The third kappa shape index (κ3) is 3.10. The molecular weight excluding hydrogens is 316 g/mol. The molecule has 7 heteroatoms. The van der Waals surface area contributed by atoms with E-state index in [1.807, 2.05) is 0 Å². The predicted molar refractivity (Wildman–Crippen MR) is 73.1 cm³/mol. The maximum atomic E-state index is 11.9. The zero-order valence-electron chi connectivity index (χ0n) is 10.3. The fraction of sp³-hybridized carbons (Fsp3) is 0.417. The number of anilines is 1. The molecule has 1 atom stereocenters. The number of carbonyl (C=O) groups excluding carboxylic acids is 1. The van der Waals surface area contributed by atoms with Crippen molar-refractivity contribution in [1.29, 1.82) is 0 Å². The van der Waals surface area contributed by atoms with Crippen LogP contribution in [0.4, 0.5) is 11.4 Å². The second kappa shape index (κ2) is 5.66. The van der Waals surface area contributed by atoms with Gasteiger partial charge in [0.25, 0.3) is 11.6 Å². The lowest BCUT2D eigenvalue weighted by atomic mass is 10.1. The number of hydrogen-bond acceptors (Lipinski definition) is 4. The molecule has 102 valence electrons. The van der Waals surface area contributed by atoms with Gasteiger partial charge in [-0.3, -0.25) is 14.9 Å². The van der Waals surface area contributed by atoms with Crippen LogP contribution in [0.25, 0.3) is 0 Å². The van der Waals surface area contributed by atoms with Gasteiger partial charge in [-0.25, -0.2) is 0 Å². The lowest BCUT2D eigenvalue weighted by molar-refractivity contribution is -0.385. The molecule has 0 saturated carbocycles. The molecule has 1 heterocycles. The van der Waals surface area contributed by atoms with Gasteiger partial charge in [-0.15, -0.1) is 0 Å². The van der Waals surface area contributed by atoms with Crippen molar-refractivity contribution < 1.29 is 14.5 Å². The summed E-state index contributed by atoms with van der Waals surface area (Å²) in [6, 6.07) is 3.06. The second-order valence-electron chi connectivity index (χ2n) is 4.35. The fourth-order valence-electron chi connectivity index (χ4n) is 1.98. The maximum absolute atomic E-state index is 11.9. The van der Waals surface area contributed by atoms with Gasteiger partial charge in [-0.1, -0.05) is 15.9 Å². The first-order valence-electron chi connectivity index (χ1n) is 5.86. The van der Waals surface area contributed by atoms with Crippen LogP contribution in [0.2, 0.25) is 0 Å². The Hall–Kier alpha value is -1.47. The molecule has 0 spiro atoms. The molecule has 19 heavy (non-hydrogen) atoms. The van der Waals surface area contributed by atoms with E-state index in [2.05, 4.69) is 21.2 Å². The van der Waals surface area contributed by atoms with Crippen molar-refractivity contribution in [2.45, 2.75) is 25.9 Å². The molecule has 1 aliphatic rings. The quantitative estimate of drug-likeness (QED) is 0.683. The van der Waals surface area contributed by atoms with E-state index in [4.69, 9.17) is 4.74 Å². The highest BCUT2D eigenvalue weighted by Gasteiger charge is 2.25. The van der Waals surface area contributed by atoms with Gasteiger partial charge in [0.15, 0.2) is 0 Å². The number of amides is 1. The van der Waals surface area contributed by atoms with Crippen molar-refractivity contribution in [2.24, 2.45) is 0 Å². The van der Waals surface area contributed by atoms with Crippen molar-refractivity contribution in [3.8, 4) is 0 Å². The minimum atomic E-state index is -0.470. The van der Waals surface area contributed by atoms with Crippen LogP contribution in [-0.2, 0) is 9.53 Å². The van der Waals surface area contributed by atoms with Gasteiger partial charge in [-0.2, -0.15) is 0 Å². The minimum Gasteiger partial charge on any atom is -0.368 e. The molecule has 1 aromatic carbocycles. The highest BCUT2D eigenvalue weighted by Crippen LogP contribution is 2.30. The van der Waals surface area contributed by atoms with Gasteiger partial charge in [0, 0.05) is 17.1 Å². The molecule has 0 bridgehead atoms. The van der Waals surface area contributed by atoms with Crippen LogP contribution in [-0.4, -0.2) is 23.5 Å². The number of nitro benzene ring substituents is 1. The first kappa shape index (κ1) is 14.0. The molecule has 0 aliphatic carbocycles. The zero-order valence-corrected chi connectivity index (χ0v) is 11.9. The minimum absolute atomic E-state index is 0.0305. The van der Waals surface area contributed by atoms with Crippen molar-refractivity contribution >= 4 is 33.2 Å². The first-order chi connectivity index (χ1) is 8.99. The molecule has 1 N–H and O–H groups in total. The van der Waals surface area contributed by atoms with Crippen molar-refractivity contribution in [2.75, 3.05) is 11.9 Å². The molecule has 6 nitrogen and oxygen atoms in total. The Balaban J connectivity index is 2.24. The fourth-order valence-corrected chi connectivity index (χ4v) is 2.43. The van der Waals surface area contributed by atoms with Crippen LogP contribution in [0.5, 0.6) is 0 Å². The maximum Gasteiger partial charge on any atom is 0.275 e. The Morgan fingerprint density at radius 2 is 2.32 bits per heavy atom. The lowest BCUT2D eigenvalue weighted by Gasteiger charge is -2.12. The molecule has 1 amide bonds. The van der Waals surface area contributed by atoms with E-state index < -0.39 is 11.0 Å². The normalized spacial score (nSPS) is 18.3. The Morgan fingerprint density at radius 3 is 2.89 bits per heavy atom. The van der Waals surface area contributed by atoms with E-state index in [-0.39, 0.29) is 11.6 Å². The topological polar surface area (TPSA) is 81.5 Å². The summed E-state index contributed by atoms with van der Waals surface area (Å²) in [5.74, 6) is -0.256. The zero-order chi connectivity index (χ0) is 14.0. The summed E-state index contributed by atoms with van der Waals surface area (Å²) < 4.78 is 5.83. The van der Waals surface area contributed by atoms with Crippen molar-refractivity contribution in [3.05, 3.63) is 32.3 Å². The summed E-state index contributed by atoms with van der Waals surface area (Å²) in [6.07, 6.45) is 1.08. The third-order valence-corrected chi connectivity index (χ3v) is 3.48. The largest absolute Gasteiger partial charge is 0.368 e. The van der Waals surface area contributed by atoms with Gasteiger partial charge in [0.05, 0.1) is 16.2 Å². The molecule has 0 unspecified atom stereocenters. The van der Waals surface area contributed by atoms with E-state index in [0.29, 0.717) is 28.8 Å². The number of halogens is 1. The van der Waals surface area contributed by atoms with Crippen LogP contribution >= 0.6 is 15.9 Å². The van der Waals surface area contributed by atoms with E-state index in [1.165, 1.54) is 6.07 Å². The number of rotatable bonds is 3. The molecule has 1 fully saturated rings. The van der Waals surface area contributed by atoms with Crippen LogP contribution in [0.1, 0.15) is 18.4 Å². The van der Waals surface area contributed by atoms with Crippen LogP contribution in [0.15, 0.2) is 16.6 Å². The average Bonchev–Trinajstić information content (AvgIpc) is 2.86. The molecule has 1 aliphatic heterocycles. The summed E-state index contributed by atoms with van der Waals surface area (Å²) >= 11 is 3.20.